The van der Waals surface area contributed by atoms with E-state index in [0.29, 0.717) is 29.9 Å². The monoisotopic (exact) mass is 281 g/mol. The van der Waals surface area contributed by atoms with E-state index in [4.69, 9.17) is 15.5 Å². The zero-order chi connectivity index (χ0) is 13.6. The summed E-state index contributed by atoms with van der Waals surface area (Å²) in [5.74, 6) is 0.316. The molecule has 1 unspecified atom stereocenters. The molecule has 100 valence electrons. The number of imidazole rings is 1. The van der Waals surface area contributed by atoms with E-state index < -0.39 is 13.3 Å². The van der Waals surface area contributed by atoms with Crippen molar-refractivity contribution in [2.24, 2.45) is 0 Å². The average molecular weight is 281 g/mol. The standard InChI is InChI=1S/C10H12N5O3P/c11-9-8-10(13-4-12-9)15(5-14-8)2-1-6-3-7(6)19(16,17)18/h1,4-5,7H,2-3H2,(H2,11,12,13)(H2,16,17,18)/b6-1+. The number of nitrogen functional groups attached to an aromatic ring is 1. The van der Waals surface area contributed by atoms with Gasteiger partial charge in [-0.15, -0.1) is 0 Å². The Morgan fingerprint density at radius 2 is 2.26 bits per heavy atom. The van der Waals surface area contributed by atoms with Crippen molar-refractivity contribution in [2.45, 2.75) is 18.6 Å². The molecule has 8 nitrogen and oxygen atoms in total. The van der Waals surface area contributed by atoms with Gasteiger partial charge in [0.25, 0.3) is 0 Å². The molecule has 0 radical (unpaired) electrons. The molecule has 19 heavy (non-hydrogen) atoms. The Labute approximate surface area is 108 Å². The molecule has 0 amide bonds. The van der Waals surface area contributed by atoms with E-state index in [1.54, 1.807) is 17.0 Å². The lowest BCUT2D eigenvalue weighted by Crippen LogP contribution is -1.97. The predicted molar refractivity (Wildman–Crippen MR) is 68.3 cm³/mol. The topological polar surface area (TPSA) is 127 Å². The van der Waals surface area contributed by atoms with Crippen molar-refractivity contribution >= 4 is 24.6 Å². The molecule has 1 aliphatic carbocycles. The molecule has 0 aliphatic heterocycles. The molecule has 9 heteroatoms. The summed E-state index contributed by atoms with van der Waals surface area (Å²) in [6, 6.07) is 0. The molecule has 1 atom stereocenters. The van der Waals surface area contributed by atoms with Gasteiger partial charge in [0, 0.05) is 6.54 Å². The van der Waals surface area contributed by atoms with Crippen LogP contribution >= 0.6 is 7.60 Å². The van der Waals surface area contributed by atoms with E-state index in [1.165, 1.54) is 6.33 Å². The number of hydrogen-bond donors (Lipinski definition) is 3. The Balaban J connectivity index is 1.83. The van der Waals surface area contributed by atoms with E-state index >= 15 is 0 Å². The van der Waals surface area contributed by atoms with Crippen LogP contribution in [0.1, 0.15) is 6.42 Å². The molecular formula is C10H12N5O3P. The van der Waals surface area contributed by atoms with E-state index in [2.05, 4.69) is 15.0 Å². The molecule has 4 N–H and O–H groups in total. The third-order valence-corrected chi connectivity index (χ3v) is 4.41. The highest BCUT2D eigenvalue weighted by Crippen LogP contribution is 2.57. The lowest BCUT2D eigenvalue weighted by atomic mass is 10.4. The Kier molecular flexibility index (Phi) is 2.67. The first-order chi connectivity index (χ1) is 8.97. The van der Waals surface area contributed by atoms with Gasteiger partial charge in [-0.05, 0) is 6.42 Å². The Bertz CT molecular complexity index is 719. The minimum Gasteiger partial charge on any atom is -0.382 e. The fraction of sp³-hybridized carbons (Fsp3) is 0.300. The van der Waals surface area contributed by atoms with Crippen LogP contribution in [0, 0.1) is 0 Å². The second-order valence-electron chi connectivity index (χ2n) is 4.42. The molecule has 0 saturated heterocycles. The van der Waals surface area contributed by atoms with Crippen molar-refractivity contribution in [3.05, 3.63) is 24.3 Å². The van der Waals surface area contributed by atoms with Crippen LogP contribution < -0.4 is 5.73 Å². The lowest BCUT2D eigenvalue weighted by Gasteiger charge is -1.99. The van der Waals surface area contributed by atoms with Gasteiger partial charge in [-0.25, -0.2) is 15.0 Å². The summed E-state index contributed by atoms with van der Waals surface area (Å²) in [6.45, 7) is 0.457. The first-order valence-corrected chi connectivity index (χ1v) is 7.30. The number of allylic oxidation sites excluding steroid dienone is 2. The number of hydrogen-bond acceptors (Lipinski definition) is 5. The van der Waals surface area contributed by atoms with Crippen molar-refractivity contribution < 1.29 is 14.4 Å². The lowest BCUT2D eigenvalue weighted by molar-refractivity contribution is 0.372. The number of nitrogens with two attached hydrogens (primary N) is 1. The molecule has 0 spiro atoms. The molecule has 0 bridgehead atoms. The van der Waals surface area contributed by atoms with Crippen LogP contribution in [-0.2, 0) is 11.1 Å². The summed E-state index contributed by atoms with van der Waals surface area (Å²) in [5, 5.41) is 0. The van der Waals surface area contributed by atoms with Crippen LogP contribution in [0.25, 0.3) is 11.2 Å². The van der Waals surface area contributed by atoms with Crippen LogP contribution in [0.2, 0.25) is 0 Å². The first kappa shape index (κ1) is 12.3. The molecule has 2 aromatic heterocycles. The number of anilines is 1. The quantitative estimate of drug-likeness (QED) is 0.544. The highest BCUT2D eigenvalue weighted by molar-refractivity contribution is 7.53. The van der Waals surface area contributed by atoms with Crippen molar-refractivity contribution in [1.29, 1.82) is 0 Å². The highest BCUT2D eigenvalue weighted by atomic mass is 31.2. The van der Waals surface area contributed by atoms with Crippen molar-refractivity contribution in [2.75, 3.05) is 5.73 Å². The van der Waals surface area contributed by atoms with Crippen LogP contribution in [0.5, 0.6) is 0 Å². The smallest absolute Gasteiger partial charge is 0.332 e. The second kappa shape index (κ2) is 4.12. The molecule has 3 rings (SSSR count). The molecule has 2 heterocycles. The molecular weight excluding hydrogens is 269 g/mol. The summed E-state index contributed by atoms with van der Waals surface area (Å²) < 4.78 is 12.8. The van der Waals surface area contributed by atoms with Gasteiger partial charge in [0.1, 0.15) is 11.8 Å². The third-order valence-electron chi connectivity index (χ3n) is 3.08. The van der Waals surface area contributed by atoms with Crippen LogP contribution in [0.3, 0.4) is 0 Å². The normalized spacial score (nSPS) is 21.2. The van der Waals surface area contributed by atoms with E-state index in [1.807, 2.05) is 0 Å². The number of nitrogens with zero attached hydrogens (tertiary/aromatic N) is 4. The van der Waals surface area contributed by atoms with E-state index in [9.17, 15) is 4.57 Å². The first-order valence-electron chi connectivity index (χ1n) is 5.62. The molecule has 0 aromatic carbocycles. The summed E-state index contributed by atoms with van der Waals surface area (Å²) in [4.78, 5) is 30.1. The summed E-state index contributed by atoms with van der Waals surface area (Å²) in [5.41, 5.74) is 6.98. The maximum atomic E-state index is 11.0. The van der Waals surface area contributed by atoms with Crippen LogP contribution in [0.4, 0.5) is 5.82 Å². The van der Waals surface area contributed by atoms with Gasteiger partial charge in [-0.2, -0.15) is 0 Å². The van der Waals surface area contributed by atoms with Crippen molar-refractivity contribution in [1.82, 2.24) is 19.5 Å². The van der Waals surface area contributed by atoms with Crippen LogP contribution in [-0.4, -0.2) is 35.0 Å². The van der Waals surface area contributed by atoms with Crippen molar-refractivity contribution in [3.63, 3.8) is 0 Å². The SMILES string of the molecule is Nc1ncnc2c1ncn2C/C=C1\CC1P(=O)(O)O. The fourth-order valence-corrected chi connectivity index (χ4v) is 2.95. The summed E-state index contributed by atoms with van der Waals surface area (Å²) >= 11 is 0. The Morgan fingerprint density at radius 1 is 1.47 bits per heavy atom. The van der Waals surface area contributed by atoms with Gasteiger partial charge in [0.05, 0.1) is 12.0 Å². The molecule has 1 aliphatic rings. The Morgan fingerprint density at radius 3 is 2.95 bits per heavy atom. The van der Waals surface area contributed by atoms with Gasteiger partial charge >= 0.3 is 7.60 Å². The van der Waals surface area contributed by atoms with Crippen LogP contribution in [0.15, 0.2) is 24.3 Å². The largest absolute Gasteiger partial charge is 0.382 e. The van der Waals surface area contributed by atoms with Gasteiger partial charge < -0.3 is 20.1 Å². The maximum absolute atomic E-state index is 11.0. The number of fused-ring (bicyclic) bond motifs is 1. The van der Waals surface area contributed by atoms with Gasteiger partial charge in [0.15, 0.2) is 11.5 Å². The van der Waals surface area contributed by atoms with E-state index in [0.717, 1.165) is 5.57 Å². The minimum absolute atomic E-state index is 0.316. The zero-order valence-electron chi connectivity index (χ0n) is 9.84. The summed E-state index contributed by atoms with van der Waals surface area (Å²) in [6.07, 6.45) is 5.19. The zero-order valence-corrected chi connectivity index (χ0v) is 10.7. The van der Waals surface area contributed by atoms with Gasteiger partial charge in [-0.3, -0.25) is 4.57 Å². The molecule has 2 aromatic rings. The third kappa shape index (κ3) is 2.25. The average Bonchev–Trinajstić information content (AvgIpc) is 3.01. The summed E-state index contributed by atoms with van der Waals surface area (Å²) in [7, 11) is -3.98. The van der Waals surface area contributed by atoms with Gasteiger partial charge in [-0.1, -0.05) is 11.6 Å². The number of rotatable bonds is 3. The van der Waals surface area contributed by atoms with Crippen molar-refractivity contribution in [3.8, 4) is 0 Å². The van der Waals surface area contributed by atoms with E-state index in [-0.39, 0.29) is 0 Å². The maximum Gasteiger partial charge on any atom is 0.332 e. The number of aromatic nitrogens is 4. The Hall–Kier alpha value is -1.76. The second-order valence-corrected chi connectivity index (χ2v) is 6.22. The molecule has 1 fully saturated rings. The van der Waals surface area contributed by atoms with Gasteiger partial charge in [0.2, 0.25) is 0 Å². The fourth-order valence-electron chi connectivity index (χ4n) is 1.97. The molecule has 1 saturated carbocycles. The highest BCUT2D eigenvalue weighted by Gasteiger charge is 2.43. The minimum atomic E-state index is -3.98. The predicted octanol–water partition coefficient (Wildman–Crippen LogP) is 0.285.